The van der Waals surface area contributed by atoms with E-state index in [1.54, 1.807) is 6.07 Å². The number of hydrogen-bond acceptors (Lipinski definition) is 4. The molecule has 1 aromatic heterocycles. The molecular weight excluding hydrogens is 252 g/mol. The second kappa shape index (κ2) is 3.38. The normalized spacial score (nSPS) is 19.2. The molecule has 1 aromatic rings. The van der Waals surface area contributed by atoms with Gasteiger partial charge in [-0.3, -0.25) is 9.59 Å². The third kappa shape index (κ3) is 1.48. The molecule has 0 aliphatic carbocycles. The molecule has 0 bridgehead atoms. The van der Waals surface area contributed by atoms with E-state index in [4.69, 9.17) is 4.74 Å². The molecule has 6 heteroatoms. The van der Waals surface area contributed by atoms with E-state index < -0.39 is 12.0 Å². The van der Waals surface area contributed by atoms with Crippen LogP contribution >= 0.6 is 15.9 Å². The molecule has 5 nitrogen and oxygen atoms in total. The maximum atomic E-state index is 11.2. The van der Waals surface area contributed by atoms with Crippen LogP contribution in [0.15, 0.2) is 16.7 Å². The van der Waals surface area contributed by atoms with Gasteiger partial charge in [0.05, 0.1) is 0 Å². The zero-order valence-corrected chi connectivity index (χ0v) is 8.45. The Labute approximate surface area is 87.6 Å². The van der Waals surface area contributed by atoms with Crippen molar-refractivity contribution in [2.45, 2.75) is 6.10 Å². The number of aromatic nitrogens is 1. The van der Waals surface area contributed by atoms with Crippen LogP contribution in [0.1, 0.15) is 0 Å². The number of nitrogens with one attached hydrogen (secondary N) is 1. The van der Waals surface area contributed by atoms with Gasteiger partial charge in [-0.25, -0.2) is 4.98 Å². The molecule has 1 unspecified atom stereocenters. The summed E-state index contributed by atoms with van der Waals surface area (Å²) in [5.74, 6) is 0.217. The minimum Gasteiger partial charge on any atom is -0.469 e. The first-order chi connectivity index (χ1) is 6.70. The fourth-order valence-electron chi connectivity index (χ4n) is 1.07. The second-order valence-corrected chi connectivity index (χ2v) is 3.58. The first kappa shape index (κ1) is 9.14. The lowest BCUT2D eigenvalue weighted by atomic mass is 10.3. The molecule has 1 amide bonds. The van der Waals surface area contributed by atoms with Crippen LogP contribution in [0.2, 0.25) is 0 Å². The number of nitrogens with zero attached hydrogens (tertiary/aromatic N) is 1. The first-order valence-electron chi connectivity index (χ1n) is 3.79. The van der Waals surface area contributed by atoms with Gasteiger partial charge in [-0.05, 0) is 22.0 Å². The van der Waals surface area contributed by atoms with Crippen molar-refractivity contribution < 1.29 is 14.3 Å². The molecule has 2 rings (SSSR count). The number of amides is 1. The lowest BCUT2D eigenvalue weighted by molar-refractivity contribution is -0.129. The lowest BCUT2D eigenvalue weighted by Gasteiger charge is -2.21. The number of fused-ring (bicyclic) bond motifs is 1. The summed E-state index contributed by atoms with van der Waals surface area (Å²) in [6.07, 6.45) is 0.890. The largest absolute Gasteiger partial charge is 0.469 e. The molecule has 1 N–H and O–H groups in total. The molecule has 1 atom stereocenters. The van der Waals surface area contributed by atoms with Crippen LogP contribution < -0.4 is 10.1 Å². The number of carbonyl (C=O) groups is 2. The van der Waals surface area contributed by atoms with E-state index in [1.165, 1.54) is 6.20 Å². The van der Waals surface area contributed by atoms with Gasteiger partial charge in [0.1, 0.15) is 0 Å². The van der Waals surface area contributed by atoms with Gasteiger partial charge >= 0.3 is 0 Å². The molecule has 0 saturated carbocycles. The standard InChI is InChI=1S/C8H5BrN2O3/c9-4-1-5-7(10-2-4)11-8(13)6(3-12)14-5/h1-3,6H,(H,10,11,13). The van der Waals surface area contributed by atoms with Crippen LogP contribution in [0.3, 0.4) is 0 Å². The van der Waals surface area contributed by atoms with Gasteiger partial charge in [-0.15, -0.1) is 0 Å². The zero-order valence-electron chi connectivity index (χ0n) is 6.86. The number of aldehydes is 1. The molecule has 2 heterocycles. The van der Waals surface area contributed by atoms with Crippen LogP contribution in [-0.4, -0.2) is 23.3 Å². The molecule has 0 saturated heterocycles. The highest BCUT2D eigenvalue weighted by molar-refractivity contribution is 9.10. The van der Waals surface area contributed by atoms with Crippen molar-refractivity contribution in [1.29, 1.82) is 0 Å². The van der Waals surface area contributed by atoms with Crippen molar-refractivity contribution in [3.8, 4) is 5.75 Å². The Morgan fingerprint density at radius 1 is 1.64 bits per heavy atom. The van der Waals surface area contributed by atoms with Crippen LogP contribution in [0, 0.1) is 0 Å². The van der Waals surface area contributed by atoms with Crippen molar-refractivity contribution in [1.82, 2.24) is 4.98 Å². The van der Waals surface area contributed by atoms with Crippen LogP contribution in [0.25, 0.3) is 0 Å². The maximum absolute atomic E-state index is 11.2. The van der Waals surface area contributed by atoms with E-state index in [0.717, 1.165) is 4.47 Å². The van der Waals surface area contributed by atoms with Gasteiger partial charge in [-0.2, -0.15) is 0 Å². The van der Waals surface area contributed by atoms with E-state index >= 15 is 0 Å². The summed E-state index contributed by atoms with van der Waals surface area (Å²) in [6, 6.07) is 1.64. The highest BCUT2D eigenvalue weighted by atomic mass is 79.9. The summed E-state index contributed by atoms with van der Waals surface area (Å²) in [6.45, 7) is 0. The van der Waals surface area contributed by atoms with E-state index in [2.05, 4.69) is 26.2 Å². The predicted octanol–water partition coefficient (Wildman–Crippen LogP) is 0.743. The fraction of sp³-hybridized carbons (Fsp3) is 0.125. The fourth-order valence-corrected chi connectivity index (χ4v) is 1.38. The van der Waals surface area contributed by atoms with Gasteiger partial charge < -0.3 is 10.1 Å². The SMILES string of the molecule is O=CC1Oc2cc(Br)cnc2NC1=O. The van der Waals surface area contributed by atoms with E-state index in [9.17, 15) is 9.59 Å². The molecule has 0 radical (unpaired) electrons. The Balaban J connectivity index is 2.40. The summed E-state index contributed by atoms with van der Waals surface area (Å²) in [5.41, 5.74) is 0. The third-order valence-electron chi connectivity index (χ3n) is 1.70. The van der Waals surface area contributed by atoms with Crippen LogP contribution in [-0.2, 0) is 9.59 Å². The monoisotopic (exact) mass is 256 g/mol. The maximum Gasteiger partial charge on any atom is 0.274 e. The smallest absolute Gasteiger partial charge is 0.274 e. The van der Waals surface area contributed by atoms with E-state index in [-0.39, 0.29) is 0 Å². The minimum absolute atomic E-state index is 0.330. The third-order valence-corrected chi connectivity index (χ3v) is 2.13. The quantitative estimate of drug-likeness (QED) is 0.595. The van der Waals surface area contributed by atoms with Crippen molar-refractivity contribution in [2.75, 3.05) is 5.32 Å². The Bertz CT molecular complexity index is 408. The molecule has 1 aliphatic heterocycles. The molecule has 0 spiro atoms. The highest BCUT2D eigenvalue weighted by Gasteiger charge is 2.27. The molecule has 14 heavy (non-hydrogen) atoms. The number of anilines is 1. The van der Waals surface area contributed by atoms with Crippen molar-refractivity contribution in [3.05, 3.63) is 16.7 Å². The van der Waals surface area contributed by atoms with Crippen molar-refractivity contribution in [3.63, 3.8) is 0 Å². The van der Waals surface area contributed by atoms with Crippen LogP contribution in [0.4, 0.5) is 5.82 Å². The lowest BCUT2D eigenvalue weighted by Crippen LogP contribution is -2.38. The number of rotatable bonds is 1. The molecule has 0 aromatic carbocycles. The first-order valence-corrected chi connectivity index (χ1v) is 4.58. The number of hydrogen-bond donors (Lipinski definition) is 1. The van der Waals surface area contributed by atoms with E-state index in [0.29, 0.717) is 17.9 Å². The summed E-state index contributed by atoms with van der Waals surface area (Å²) < 4.78 is 5.82. The molecule has 0 fully saturated rings. The summed E-state index contributed by atoms with van der Waals surface area (Å²) >= 11 is 3.20. The number of carbonyl (C=O) groups excluding carboxylic acids is 2. The van der Waals surface area contributed by atoms with Gasteiger partial charge in [-0.1, -0.05) is 0 Å². The summed E-state index contributed by atoms with van der Waals surface area (Å²) in [4.78, 5) is 25.5. The molecule has 72 valence electrons. The van der Waals surface area contributed by atoms with Crippen LogP contribution in [0.5, 0.6) is 5.75 Å². The van der Waals surface area contributed by atoms with Crippen molar-refractivity contribution in [2.24, 2.45) is 0 Å². The Kier molecular flexibility index (Phi) is 2.20. The molecule has 1 aliphatic rings. The van der Waals surface area contributed by atoms with E-state index in [1.807, 2.05) is 0 Å². The Morgan fingerprint density at radius 2 is 2.43 bits per heavy atom. The van der Waals surface area contributed by atoms with Gasteiger partial charge in [0.2, 0.25) is 6.10 Å². The highest BCUT2D eigenvalue weighted by Crippen LogP contribution is 2.29. The molecular formula is C8H5BrN2O3. The second-order valence-electron chi connectivity index (χ2n) is 2.66. The topological polar surface area (TPSA) is 68.3 Å². The summed E-state index contributed by atoms with van der Waals surface area (Å²) in [7, 11) is 0. The average Bonchev–Trinajstić information content (AvgIpc) is 2.17. The Hall–Kier alpha value is -1.43. The number of pyridine rings is 1. The van der Waals surface area contributed by atoms with Gasteiger partial charge in [0.25, 0.3) is 5.91 Å². The number of ether oxygens (including phenoxy) is 1. The van der Waals surface area contributed by atoms with Crippen molar-refractivity contribution >= 4 is 33.9 Å². The Morgan fingerprint density at radius 3 is 3.14 bits per heavy atom. The summed E-state index contributed by atoms with van der Waals surface area (Å²) in [5, 5.41) is 2.46. The average molecular weight is 257 g/mol. The predicted molar refractivity (Wildman–Crippen MR) is 51.0 cm³/mol. The zero-order chi connectivity index (χ0) is 10.1. The van der Waals surface area contributed by atoms with Gasteiger partial charge in [0.15, 0.2) is 17.9 Å². The number of halogens is 1. The minimum atomic E-state index is -1.08. The van der Waals surface area contributed by atoms with Gasteiger partial charge in [0, 0.05) is 10.7 Å².